The number of hydrogen-bond donors (Lipinski definition) is 4. The highest BCUT2D eigenvalue weighted by atomic mass is 35.5. The third-order valence-corrected chi connectivity index (χ3v) is 3.63. The molecule has 5 N–H and O–H groups in total. The number of rotatable bonds is 5. The summed E-state index contributed by atoms with van der Waals surface area (Å²) < 4.78 is 16.6. The number of carbonyl (C=O) groups is 1. The first-order valence-electron chi connectivity index (χ1n) is 7.35. The minimum Gasteiger partial charge on any atom is -0.387 e. The largest absolute Gasteiger partial charge is 0.387 e. The fourth-order valence-electron chi connectivity index (χ4n) is 2.46. The lowest BCUT2D eigenvalue weighted by molar-refractivity contribution is -0.292. The summed E-state index contributed by atoms with van der Waals surface area (Å²) in [6.45, 7) is 1.44. The summed E-state index contributed by atoms with van der Waals surface area (Å²) in [7, 11) is 0. The van der Waals surface area contributed by atoms with Crippen LogP contribution in [0.3, 0.4) is 0 Å². The molecule has 1 amide bonds. The maximum Gasteiger partial charge on any atom is 0.220 e. The molecule has 5 unspecified atom stereocenters. The minimum absolute atomic E-state index is 0. The van der Waals surface area contributed by atoms with E-state index in [9.17, 15) is 15.0 Å². The molecule has 3 fully saturated rings. The molecule has 23 heavy (non-hydrogen) atoms. The zero-order valence-corrected chi connectivity index (χ0v) is 13.2. The fraction of sp³-hybridized carbons (Fsp3) is 0.929. The Bertz CT molecular complexity index is 347. The second kappa shape index (κ2) is 11.1. The maximum atomic E-state index is 11.6. The van der Waals surface area contributed by atoms with Crippen LogP contribution in [0.4, 0.5) is 0 Å². The van der Waals surface area contributed by atoms with Gasteiger partial charge in [0.05, 0.1) is 6.61 Å². The van der Waals surface area contributed by atoms with Crippen LogP contribution in [0.2, 0.25) is 0 Å². The Hall–Kier alpha value is -0.480. The average Bonchev–Trinajstić information content (AvgIpc) is 2.62. The summed E-state index contributed by atoms with van der Waals surface area (Å²) in [5.74, 6) is -0.129. The van der Waals surface area contributed by atoms with Gasteiger partial charge in [0.1, 0.15) is 24.4 Å². The van der Waals surface area contributed by atoms with Crippen LogP contribution in [0.15, 0.2) is 0 Å². The van der Waals surface area contributed by atoms with E-state index in [0.29, 0.717) is 39.0 Å². The number of aliphatic hydroxyl groups is 2. The number of carbonyl (C=O) groups excluding carboxylic acids is 1. The fourth-order valence-corrected chi connectivity index (χ4v) is 2.46. The third kappa shape index (κ3) is 6.15. The minimum atomic E-state index is -1.16. The topological polar surface area (TPSA) is 123 Å². The van der Waals surface area contributed by atoms with E-state index < -0.39 is 30.7 Å². The molecule has 0 aromatic carbocycles. The highest BCUT2D eigenvalue weighted by Crippen LogP contribution is 2.25. The van der Waals surface area contributed by atoms with Gasteiger partial charge in [0.2, 0.25) is 5.91 Å². The molecule has 9 heteroatoms. The quantitative estimate of drug-likeness (QED) is 0.506. The molecule has 2 bridgehead atoms. The summed E-state index contributed by atoms with van der Waals surface area (Å²) in [6, 6.07) is 0. The first-order valence-corrected chi connectivity index (χ1v) is 7.35. The first-order chi connectivity index (χ1) is 10.1. The molecule has 3 rings (SSSR count). The second-order valence-corrected chi connectivity index (χ2v) is 5.28. The molecule has 0 saturated carbocycles. The van der Waals surface area contributed by atoms with Gasteiger partial charge in [0, 0.05) is 19.6 Å². The molecule has 0 radical (unpaired) electrons. The van der Waals surface area contributed by atoms with Crippen molar-refractivity contribution in [2.75, 3.05) is 26.3 Å². The van der Waals surface area contributed by atoms with E-state index in [1.807, 2.05) is 0 Å². The molecule has 0 aliphatic carbocycles. The van der Waals surface area contributed by atoms with Gasteiger partial charge in [0.25, 0.3) is 0 Å². The molecule has 5 atom stereocenters. The second-order valence-electron chi connectivity index (χ2n) is 5.28. The van der Waals surface area contributed by atoms with Gasteiger partial charge in [-0.3, -0.25) is 4.79 Å². The summed E-state index contributed by atoms with van der Waals surface area (Å²) in [5.41, 5.74) is 5.35. The Morgan fingerprint density at radius 3 is 2.61 bits per heavy atom. The summed E-state index contributed by atoms with van der Waals surface area (Å²) in [4.78, 5) is 11.6. The lowest BCUT2D eigenvalue weighted by Crippen LogP contribution is -2.61. The smallest absolute Gasteiger partial charge is 0.220 e. The van der Waals surface area contributed by atoms with Gasteiger partial charge in [0.15, 0.2) is 6.29 Å². The molecule has 3 aliphatic heterocycles. The number of fused-ring (bicyclic) bond motifs is 6. The molecule has 0 spiro atoms. The highest BCUT2D eigenvalue weighted by Gasteiger charge is 2.46. The number of hydrogen-bond acceptors (Lipinski definition) is 7. The van der Waals surface area contributed by atoms with Crippen LogP contribution >= 0.6 is 12.4 Å². The van der Waals surface area contributed by atoms with Gasteiger partial charge in [-0.05, 0) is 19.4 Å². The molecule has 0 aromatic rings. The number of amides is 1. The highest BCUT2D eigenvalue weighted by molar-refractivity contribution is 5.85. The lowest BCUT2D eigenvalue weighted by Gasteiger charge is -2.41. The molecule has 0 aromatic heterocycles. The molecule has 138 valence electrons. The van der Waals surface area contributed by atoms with Gasteiger partial charge < -0.3 is 35.5 Å². The van der Waals surface area contributed by atoms with E-state index in [-0.39, 0.29) is 32.3 Å². The van der Waals surface area contributed by atoms with Gasteiger partial charge in [-0.15, -0.1) is 12.4 Å². The van der Waals surface area contributed by atoms with E-state index in [1.165, 1.54) is 0 Å². The van der Waals surface area contributed by atoms with Gasteiger partial charge in [-0.2, -0.15) is 0 Å². The van der Waals surface area contributed by atoms with Crippen LogP contribution in [-0.4, -0.2) is 73.1 Å². The van der Waals surface area contributed by atoms with Gasteiger partial charge >= 0.3 is 0 Å². The monoisotopic (exact) mass is 356 g/mol. The Balaban J connectivity index is 0.00000242. The van der Waals surface area contributed by atoms with Gasteiger partial charge in [-0.1, -0.05) is 7.43 Å². The van der Waals surface area contributed by atoms with Crippen molar-refractivity contribution in [3.63, 3.8) is 0 Å². The zero-order valence-electron chi connectivity index (χ0n) is 12.3. The van der Waals surface area contributed by atoms with E-state index in [2.05, 4.69) is 5.32 Å². The van der Waals surface area contributed by atoms with E-state index in [1.54, 1.807) is 0 Å². The zero-order chi connectivity index (χ0) is 15.2. The van der Waals surface area contributed by atoms with Crippen LogP contribution in [0.25, 0.3) is 0 Å². The number of nitrogens with one attached hydrogen (secondary N) is 1. The van der Waals surface area contributed by atoms with E-state index >= 15 is 0 Å². The molecule has 8 nitrogen and oxygen atoms in total. The standard InChI is InChI=1S/C13H24N2O6.CH4.ClH/c14-4-1-3-9(16)15-7-8-12-10(17)11(18)13(21-8)20-6-2-5-19-12;;/h8,10-13,17-18H,1-7,14H2,(H,15,16);1H4;1H. The molecule has 3 saturated heterocycles. The first kappa shape index (κ1) is 22.5. The van der Waals surface area contributed by atoms with Crippen molar-refractivity contribution in [2.45, 2.75) is 57.4 Å². The van der Waals surface area contributed by atoms with Crippen LogP contribution in [0.5, 0.6) is 0 Å². The third-order valence-electron chi connectivity index (χ3n) is 3.63. The predicted octanol–water partition coefficient (Wildman–Crippen LogP) is -0.848. The van der Waals surface area contributed by atoms with Crippen molar-refractivity contribution in [1.82, 2.24) is 5.32 Å². The van der Waals surface area contributed by atoms with Crippen molar-refractivity contribution in [3.8, 4) is 0 Å². The van der Waals surface area contributed by atoms with Gasteiger partial charge in [-0.25, -0.2) is 0 Å². The van der Waals surface area contributed by atoms with E-state index in [4.69, 9.17) is 19.9 Å². The average molecular weight is 357 g/mol. The van der Waals surface area contributed by atoms with Crippen LogP contribution in [0, 0.1) is 0 Å². The normalized spacial score (nSPS) is 33.4. The summed E-state index contributed by atoms with van der Waals surface area (Å²) in [5, 5.41) is 22.8. The molecular formula is C14H29ClN2O6. The predicted molar refractivity (Wildman–Crippen MR) is 86.3 cm³/mol. The SMILES string of the molecule is C.Cl.NCCCC(=O)NCC1OC2OCCCOC1C(O)C2O. The van der Waals surface area contributed by atoms with Crippen LogP contribution in [-0.2, 0) is 19.0 Å². The van der Waals surface area contributed by atoms with Crippen LogP contribution < -0.4 is 11.1 Å². The Kier molecular flexibility index (Phi) is 10.9. The van der Waals surface area contributed by atoms with Crippen LogP contribution in [0.1, 0.15) is 26.7 Å². The summed E-state index contributed by atoms with van der Waals surface area (Å²) >= 11 is 0. The molecule has 3 heterocycles. The lowest BCUT2D eigenvalue weighted by atomic mass is 9.98. The van der Waals surface area contributed by atoms with Crippen molar-refractivity contribution in [2.24, 2.45) is 5.73 Å². The van der Waals surface area contributed by atoms with Crippen molar-refractivity contribution in [3.05, 3.63) is 0 Å². The van der Waals surface area contributed by atoms with Crippen molar-refractivity contribution >= 4 is 18.3 Å². The molecular weight excluding hydrogens is 328 g/mol. The summed E-state index contributed by atoms with van der Waals surface area (Å²) in [6.07, 6.45) is -2.79. The Labute approximate surface area is 143 Å². The Morgan fingerprint density at radius 2 is 1.91 bits per heavy atom. The number of nitrogens with two attached hydrogens (primary N) is 1. The van der Waals surface area contributed by atoms with Crippen molar-refractivity contribution < 1.29 is 29.2 Å². The van der Waals surface area contributed by atoms with E-state index in [0.717, 1.165) is 0 Å². The molecule has 3 aliphatic rings. The number of aliphatic hydroxyl groups excluding tert-OH is 2. The Morgan fingerprint density at radius 1 is 1.22 bits per heavy atom. The van der Waals surface area contributed by atoms with Crippen molar-refractivity contribution in [1.29, 1.82) is 0 Å². The maximum absolute atomic E-state index is 11.6. The number of halogens is 1. The number of ether oxygens (including phenoxy) is 3.